The van der Waals surface area contributed by atoms with E-state index in [1.54, 1.807) is 0 Å². The van der Waals surface area contributed by atoms with Crippen LogP contribution in [0.4, 0.5) is 0 Å². The van der Waals surface area contributed by atoms with Crippen molar-refractivity contribution in [2.75, 3.05) is 0 Å². The van der Waals surface area contributed by atoms with Gasteiger partial charge in [-0.25, -0.2) is 0 Å². The molecule has 0 aliphatic carbocycles. The number of rotatable bonds is 2. The van der Waals surface area contributed by atoms with Crippen LogP contribution in [0.25, 0.3) is 0 Å². The summed E-state index contributed by atoms with van der Waals surface area (Å²) >= 11 is 0. The Kier molecular flexibility index (Phi) is 2.03. The molecule has 2 N–H and O–H groups in total. The number of hydrogen-bond donors (Lipinski definition) is 2. The maximum absolute atomic E-state index is 8.57. The highest BCUT2D eigenvalue weighted by molar-refractivity contribution is 6.57. The van der Waals surface area contributed by atoms with Gasteiger partial charge in [0.15, 0.2) is 0 Å². The van der Waals surface area contributed by atoms with Gasteiger partial charge in [0.25, 0.3) is 0 Å². The van der Waals surface area contributed by atoms with Crippen molar-refractivity contribution in [3.05, 3.63) is 6.20 Å². The maximum Gasteiger partial charge on any atom is 0.511 e. The highest BCUT2D eigenvalue weighted by atomic mass is 16.4. The molecule has 0 aliphatic rings. The van der Waals surface area contributed by atoms with Gasteiger partial charge in [-0.15, -0.1) is 5.10 Å². The molecule has 0 unspecified atom stereocenters. The highest BCUT2D eigenvalue weighted by Gasteiger charge is 2.14. The van der Waals surface area contributed by atoms with E-state index >= 15 is 0 Å². The van der Waals surface area contributed by atoms with Crippen LogP contribution in [0.5, 0.6) is 0 Å². The Morgan fingerprint density at radius 2 is 2.40 bits per heavy atom. The predicted molar refractivity (Wildman–Crippen MR) is 35.5 cm³/mol. The summed E-state index contributed by atoms with van der Waals surface area (Å²) in [5, 5.41) is 24.2. The molecule has 0 radical (unpaired) electrons. The van der Waals surface area contributed by atoms with Crippen LogP contribution in [0.1, 0.15) is 6.92 Å². The zero-order chi connectivity index (χ0) is 7.56. The molecule has 0 amide bonds. The number of aromatic nitrogens is 3. The minimum atomic E-state index is -1.51. The zero-order valence-corrected chi connectivity index (χ0v) is 5.60. The standard InChI is InChI=1S/C4H8BN3O2/c1-2-8-3-4(5(9)10)6-7-8/h3,9-10H,2H2,1H3. The largest absolute Gasteiger partial charge is 0.511 e. The quantitative estimate of drug-likeness (QED) is 0.466. The van der Waals surface area contributed by atoms with Gasteiger partial charge in [0.2, 0.25) is 0 Å². The summed E-state index contributed by atoms with van der Waals surface area (Å²) in [6.07, 6.45) is 1.49. The van der Waals surface area contributed by atoms with Crippen molar-refractivity contribution in [2.24, 2.45) is 0 Å². The summed E-state index contributed by atoms with van der Waals surface area (Å²) in [7, 11) is -1.51. The van der Waals surface area contributed by atoms with Gasteiger partial charge in [-0.1, -0.05) is 5.21 Å². The van der Waals surface area contributed by atoms with Crippen molar-refractivity contribution in [1.29, 1.82) is 0 Å². The SMILES string of the molecule is CCn1cc(B(O)O)nn1. The lowest BCUT2D eigenvalue weighted by molar-refractivity contribution is 0.424. The topological polar surface area (TPSA) is 71.2 Å². The lowest BCUT2D eigenvalue weighted by Gasteiger charge is -1.88. The van der Waals surface area contributed by atoms with Crippen LogP contribution in [0.15, 0.2) is 6.20 Å². The molecule has 0 bridgehead atoms. The molecule has 6 heteroatoms. The van der Waals surface area contributed by atoms with Gasteiger partial charge in [-0.2, -0.15) is 0 Å². The molecule has 54 valence electrons. The van der Waals surface area contributed by atoms with Gasteiger partial charge < -0.3 is 10.0 Å². The Morgan fingerprint density at radius 1 is 1.70 bits per heavy atom. The van der Waals surface area contributed by atoms with E-state index in [-0.39, 0.29) is 5.59 Å². The molecule has 0 aromatic carbocycles. The molecular weight excluding hydrogens is 133 g/mol. The first-order chi connectivity index (χ1) is 4.74. The minimum absolute atomic E-state index is 0.182. The van der Waals surface area contributed by atoms with Crippen LogP contribution in [-0.2, 0) is 6.54 Å². The van der Waals surface area contributed by atoms with E-state index in [4.69, 9.17) is 10.0 Å². The second-order valence-corrected chi connectivity index (χ2v) is 1.87. The maximum atomic E-state index is 8.57. The second-order valence-electron chi connectivity index (χ2n) is 1.87. The van der Waals surface area contributed by atoms with Gasteiger partial charge in [0.05, 0.1) is 0 Å². The summed E-state index contributed by atoms with van der Waals surface area (Å²) in [6.45, 7) is 2.57. The third-order valence-corrected chi connectivity index (χ3v) is 1.14. The van der Waals surface area contributed by atoms with E-state index in [1.807, 2.05) is 6.92 Å². The molecule has 1 aromatic heterocycles. The number of nitrogens with zero attached hydrogens (tertiary/aromatic N) is 3. The van der Waals surface area contributed by atoms with Crippen molar-refractivity contribution >= 4 is 12.7 Å². The number of aryl methyl sites for hydroxylation is 1. The van der Waals surface area contributed by atoms with Gasteiger partial charge in [0.1, 0.15) is 5.59 Å². The van der Waals surface area contributed by atoms with Crippen molar-refractivity contribution < 1.29 is 10.0 Å². The Hall–Kier alpha value is -0.875. The fraction of sp³-hybridized carbons (Fsp3) is 0.500. The number of hydrogen-bond acceptors (Lipinski definition) is 4. The van der Waals surface area contributed by atoms with E-state index in [1.165, 1.54) is 10.9 Å². The first-order valence-corrected chi connectivity index (χ1v) is 3.00. The summed E-state index contributed by atoms with van der Waals surface area (Å²) in [5.74, 6) is 0. The molecule has 1 heterocycles. The van der Waals surface area contributed by atoms with Crippen molar-refractivity contribution in [3.63, 3.8) is 0 Å². The Bertz CT molecular complexity index is 212. The molecule has 5 nitrogen and oxygen atoms in total. The summed E-state index contributed by atoms with van der Waals surface area (Å²) < 4.78 is 1.52. The molecule has 1 aromatic rings. The second kappa shape index (κ2) is 2.81. The molecule has 10 heavy (non-hydrogen) atoms. The fourth-order valence-corrected chi connectivity index (χ4v) is 0.586. The normalized spacial score (nSPS) is 9.90. The van der Waals surface area contributed by atoms with Gasteiger partial charge in [0, 0.05) is 12.7 Å². The van der Waals surface area contributed by atoms with Crippen molar-refractivity contribution in [3.8, 4) is 0 Å². The smallest absolute Gasteiger partial charge is 0.422 e. The minimum Gasteiger partial charge on any atom is -0.422 e. The van der Waals surface area contributed by atoms with E-state index in [0.29, 0.717) is 6.54 Å². The summed E-state index contributed by atoms with van der Waals surface area (Å²) in [4.78, 5) is 0. The van der Waals surface area contributed by atoms with Gasteiger partial charge in [-0.05, 0) is 6.92 Å². The monoisotopic (exact) mass is 141 g/mol. The Labute approximate surface area is 58.4 Å². The molecule has 1 rings (SSSR count). The average Bonchev–Trinajstić information content (AvgIpc) is 2.34. The first-order valence-electron chi connectivity index (χ1n) is 3.00. The van der Waals surface area contributed by atoms with Crippen LogP contribution >= 0.6 is 0 Å². The molecule has 0 aliphatic heterocycles. The molecule has 0 spiro atoms. The van der Waals surface area contributed by atoms with Gasteiger partial charge >= 0.3 is 7.12 Å². The lowest BCUT2D eigenvalue weighted by Crippen LogP contribution is -2.30. The van der Waals surface area contributed by atoms with E-state index in [0.717, 1.165) is 0 Å². The molecule has 0 atom stereocenters. The first kappa shape index (κ1) is 7.23. The lowest BCUT2D eigenvalue weighted by atomic mass is 9.87. The Balaban J connectivity index is 2.78. The van der Waals surface area contributed by atoms with Gasteiger partial charge in [-0.3, -0.25) is 4.68 Å². The Morgan fingerprint density at radius 3 is 2.70 bits per heavy atom. The van der Waals surface area contributed by atoms with Crippen LogP contribution in [-0.4, -0.2) is 32.2 Å². The predicted octanol–water partition coefficient (Wildman–Crippen LogP) is -2.02. The summed E-state index contributed by atoms with van der Waals surface area (Å²) in [6, 6.07) is 0. The van der Waals surface area contributed by atoms with E-state index < -0.39 is 7.12 Å². The highest BCUT2D eigenvalue weighted by Crippen LogP contribution is 1.77. The summed E-state index contributed by atoms with van der Waals surface area (Å²) in [5.41, 5.74) is 0.182. The van der Waals surface area contributed by atoms with Crippen LogP contribution < -0.4 is 5.59 Å². The third kappa shape index (κ3) is 1.34. The van der Waals surface area contributed by atoms with Crippen molar-refractivity contribution in [1.82, 2.24) is 15.0 Å². The molecular formula is C4H8BN3O2. The zero-order valence-electron chi connectivity index (χ0n) is 5.60. The average molecular weight is 141 g/mol. The third-order valence-electron chi connectivity index (χ3n) is 1.14. The molecule has 0 fully saturated rings. The van der Waals surface area contributed by atoms with Crippen LogP contribution in [0, 0.1) is 0 Å². The van der Waals surface area contributed by atoms with E-state index in [2.05, 4.69) is 10.3 Å². The molecule has 0 saturated carbocycles. The van der Waals surface area contributed by atoms with Crippen LogP contribution in [0.3, 0.4) is 0 Å². The molecule has 0 saturated heterocycles. The van der Waals surface area contributed by atoms with Crippen molar-refractivity contribution in [2.45, 2.75) is 13.5 Å². The fourth-order valence-electron chi connectivity index (χ4n) is 0.586. The van der Waals surface area contributed by atoms with Crippen LogP contribution in [0.2, 0.25) is 0 Å². The van der Waals surface area contributed by atoms with E-state index in [9.17, 15) is 0 Å².